The van der Waals surface area contributed by atoms with Gasteiger partial charge in [0, 0.05) is 20.6 Å². The molecule has 2 aromatic carbocycles. The summed E-state index contributed by atoms with van der Waals surface area (Å²) in [5.41, 5.74) is 2.37. The molecule has 0 saturated heterocycles. The van der Waals surface area contributed by atoms with Gasteiger partial charge in [-0.1, -0.05) is 12.1 Å². The van der Waals surface area contributed by atoms with Crippen LogP contribution in [0.15, 0.2) is 47.4 Å². The molecule has 8 nitrogen and oxygen atoms in total. The van der Waals surface area contributed by atoms with E-state index in [1.165, 1.54) is 20.2 Å². The van der Waals surface area contributed by atoms with Gasteiger partial charge in [-0.05, 0) is 42.8 Å². The number of esters is 1. The van der Waals surface area contributed by atoms with E-state index in [9.17, 15) is 13.2 Å². The summed E-state index contributed by atoms with van der Waals surface area (Å²) in [5, 5.41) is 9.08. The number of aliphatic hydroxyl groups excluding tert-OH is 1. The number of rotatable bonds is 7. The van der Waals surface area contributed by atoms with Crippen molar-refractivity contribution in [1.82, 2.24) is 13.9 Å². The molecule has 3 aromatic rings. The second-order valence-electron chi connectivity index (χ2n) is 6.64. The van der Waals surface area contributed by atoms with Crippen LogP contribution in [0.2, 0.25) is 0 Å². The zero-order valence-electron chi connectivity index (χ0n) is 16.5. The lowest BCUT2D eigenvalue weighted by atomic mass is 10.1. The first-order valence-corrected chi connectivity index (χ1v) is 10.5. The molecule has 0 atom stereocenters. The summed E-state index contributed by atoms with van der Waals surface area (Å²) in [5.74, 6) is 0.0299. The third-order valence-corrected chi connectivity index (χ3v) is 6.41. The molecule has 0 unspecified atom stereocenters. The Bertz CT molecular complexity index is 1130. The number of fused-ring (bicyclic) bond motifs is 1. The van der Waals surface area contributed by atoms with Gasteiger partial charge in [0.1, 0.15) is 12.4 Å². The third-order valence-electron chi connectivity index (χ3n) is 4.60. The van der Waals surface area contributed by atoms with E-state index < -0.39 is 16.0 Å². The Morgan fingerprint density at radius 1 is 1.17 bits per heavy atom. The number of sulfonamides is 1. The average molecular weight is 417 g/mol. The largest absolute Gasteiger partial charge is 0.454 e. The van der Waals surface area contributed by atoms with Crippen LogP contribution in [0.4, 0.5) is 0 Å². The van der Waals surface area contributed by atoms with Crippen LogP contribution in [0, 0.1) is 0 Å². The molecular weight excluding hydrogens is 394 g/mol. The van der Waals surface area contributed by atoms with Crippen LogP contribution in [-0.4, -0.2) is 47.4 Å². The maximum Gasteiger partial charge on any atom is 0.338 e. The Labute approximate surface area is 169 Å². The molecule has 0 saturated carbocycles. The lowest BCUT2D eigenvalue weighted by Crippen LogP contribution is -2.22. The minimum absolute atomic E-state index is 0.0428. The van der Waals surface area contributed by atoms with E-state index >= 15 is 0 Å². The van der Waals surface area contributed by atoms with Crippen molar-refractivity contribution in [1.29, 1.82) is 0 Å². The standard InChI is InChI=1S/C20H23N3O5S/c1-4-23-18-10-9-16(29(26,27)22(2)3)11-17(18)21-19(23)13-28-20(25)15-7-5-14(12-24)6-8-15/h5-11,24H,4,12-13H2,1-3H3. The van der Waals surface area contributed by atoms with E-state index in [2.05, 4.69) is 4.98 Å². The number of imidazole rings is 1. The number of ether oxygens (including phenoxy) is 1. The SMILES string of the molecule is CCn1c(COC(=O)c2ccc(CO)cc2)nc2cc(S(=O)(=O)N(C)C)ccc21. The summed E-state index contributed by atoms with van der Waals surface area (Å²) in [6.07, 6.45) is 0. The van der Waals surface area contributed by atoms with E-state index in [0.29, 0.717) is 29.0 Å². The number of benzene rings is 2. The van der Waals surface area contributed by atoms with Crippen molar-refractivity contribution in [2.45, 2.75) is 31.6 Å². The molecule has 9 heteroatoms. The van der Waals surface area contributed by atoms with Crippen molar-refractivity contribution in [3.63, 3.8) is 0 Å². The molecule has 29 heavy (non-hydrogen) atoms. The minimum atomic E-state index is -3.57. The summed E-state index contributed by atoms with van der Waals surface area (Å²) < 4.78 is 33.1. The van der Waals surface area contributed by atoms with Gasteiger partial charge >= 0.3 is 5.97 Å². The van der Waals surface area contributed by atoms with Gasteiger partial charge in [0.05, 0.1) is 28.1 Å². The number of aliphatic hydroxyl groups is 1. The maximum atomic E-state index is 12.4. The van der Waals surface area contributed by atoms with Gasteiger partial charge < -0.3 is 14.4 Å². The second-order valence-corrected chi connectivity index (χ2v) is 8.79. The number of carbonyl (C=O) groups excluding carboxylic acids is 1. The van der Waals surface area contributed by atoms with Crippen LogP contribution in [0.25, 0.3) is 11.0 Å². The van der Waals surface area contributed by atoms with E-state index in [1.54, 1.807) is 36.4 Å². The highest BCUT2D eigenvalue weighted by Gasteiger charge is 2.20. The zero-order chi connectivity index (χ0) is 21.2. The summed E-state index contributed by atoms with van der Waals surface area (Å²) in [6, 6.07) is 11.3. The van der Waals surface area contributed by atoms with Crippen molar-refractivity contribution < 1.29 is 23.1 Å². The fourth-order valence-electron chi connectivity index (χ4n) is 2.95. The fraction of sp³-hybridized carbons (Fsp3) is 0.300. The molecule has 0 radical (unpaired) electrons. The predicted molar refractivity (Wildman–Crippen MR) is 108 cm³/mol. The summed E-state index contributed by atoms with van der Waals surface area (Å²) in [6.45, 7) is 2.39. The first-order chi connectivity index (χ1) is 13.8. The molecule has 0 aliphatic heterocycles. The van der Waals surface area contributed by atoms with Crippen LogP contribution in [0.5, 0.6) is 0 Å². The van der Waals surface area contributed by atoms with Crippen molar-refractivity contribution in [2.75, 3.05) is 14.1 Å². The molecule has 0 amide bonds. The number of aromatic nitrogens is 2. The molecule has 1 aromatic heterocycles. The molecular formula is C20H23N3O5S. The molecule has 1 N–H and O–H groups in total. The maximum absolute atomic E-state index is 12.4. The van der Waals surface area contributed by atoms with Crippen LogP contribution in [0.1, 0.15) is 28.7 Å². The van der Waals surface area contributed by atoms with E-state index in [-0.39, 0.29) is 18.1 Å². The highest BCUT2D eigenvalue weighted by Crippen LogP contribution is 2.22. The molecule has 0 fully saturated rings. The van der Waals surface area contributed by atoms with E-state index in [1.807, 2.05) is 11.5 Å². The Hall–Kier alpha value is -2.75. The minimum Gasteiger partial charge on any atom is -0.454 e. The Morgan fingerprint density at radius 2 is 1.86 bits per heavy atom. The van der Waals surface area contributed by atoms with Crippen LogP contribution >= 0.6 is 0 Å². The fourth-order valence-corrected chi connectivity index (χ4v) is 3.88. The highest BCUT2D eigenvalue weighted by molar-refractivity contribution is 7.89. The number of hydrogen-bond donors (Lipinski definition) is 1. The monoisotopic (exact) mass is 417 g/mol. The van der Waals surface area contributed by atoms with Crippen LogP contribution in [-0.2, 0) is 34.5 Å². The van der Waals surface area contributed by atoms with Gasteiger partial charge in [-0.3, -0.25) is 0 Å². The normalized spacial score (nSPS) is 11.9. The summed E-state index contributed by atoms with van der Waals surface area (Å²) in [7, 11) is -0.617. The van der Waals surface area contributed by atoms with Crippen molar-refractivity contribution in [2.24, 2.45) is 0 Å². The van der Waals surface area contributed by atoms with Gasteiger partial charge in [0.2, 0.25) is 10.0 Å². The molecule has 154 valence electrons. The van der Waals surface area contributed by atoms with Crippen molar-refractivity contribution in [3.8, 4) is 0 Å². The Morgan fingerprint density at radius 3 is 2.45 bits per heavy atom. The number of aryl methyl sites for hydroxylation is 1. The first kappa shape index (κ1) is 21.0. The first-order valence-electron chi connectivity index (χ1n) is 9.06. The molecule has 0 bridgehead atoms. The third kappa shape index (κ3) is 4.16. The topological polar surface area (TPSA) is 102 Å². The molecule has 0 spiro atoms. The van der Waals surface area contributed by atoms with E-state index in [4.69, 9.17) is 9.84 Å². The summed E-state index contributed by atoms with van der Waals surface area (Å²) >= 11 is 0. The predicted octanol–water partition coefficient (Wildman–Crippen LogP) is 2.16. The van der Waals surface area contributed by atoms with Gasteiger partial charge in [-0.25, -0.2) is 22.5 Å². The lowest BCUT2D eigenvalue weighted by Gasteiger charge is -2.11. The quantitative estimate of drug-likeness (QED) is 0.591. The average Bonchev–Trinajstić information content (AvgIpc) is 3.08. The van der Waals surface area contributed by atoms with Crippen molar-refractivity contribution in [3.05, 3.63) is 59.4 Å². The number of carbonyl (C=O) groups is 1. The Balaban J connectivity index is 1.86. The Kier molecular flexibility index (Phi) is 6.02. The van der Waals surface area contributed by atoms with Crippen LogP contribution < -0.4 is 0 Å². The molecule has 3 rings (SSSR count). The highest BCUT2D eigenvalue weighted by atomic mass is 32.2. The number of hydrogen-bond acceptors (Lipinski definition) is 6. The van der Waals surface area contributed by atoms with Gasteiger partial charge in [-0.15, -0.1) is 0 Å². The van der Waals surface area contributed by atoms with Crippen molar-refractivity contribution >= 4 is 27.0 Å². The molecule has 0 aliphatic carbocycles. The lowest BCUT2D eigenvalue weighted by molar-refractivity contribution is 0.0458. The molecule has 1 heterocycles. The van der Waals surface area contributed by atoms with Gasteiger partial charge in [0.15, 0.2) is 0 Å². The van der Waals surface area contributed by atoms with Crippen LogP contribution in [0.3, 0.4) is 0 Å². The number of nitrogens with zero attached hydrogens (tertiary/aromatic N) is 3. The van der Waals surface area contributed by atoms with Gasteiger partial charge in [-0.2, -0.15) is 0 Å². The zero-order valence-corrected chi connectivity index (χ0v) is 17.3. The summed E-state index contributed by atoms with van der Waals surface area (Å²) in [4.78, 5) is 16.9. The van der Waals surface area contributed by atoms with E-state index in [0.717, 1.165) is 9.82 Å². The molecule has 0 aliphatic rings. The smallest absolute Gasteiger partial charge is 0.338 e. The second kappa shape index (κ2) is 8.32. The van der Waals surface area contributed by atoms with Gasteiger partial charge in [0.25, 0.3) is 0 Å².